The Morgan fingerprint density at radius 2 is 1.63 bits per heavy atom. The van der Waals surface area contributed by atoms with Gasteiger partial charge in [0.15, 0.2) is 5.78 Å². The van der Waals surface area contributed by atoms with E-state index in [0.29, 0.717) is 12.2 Å². The van der Waals surface area contributed by atoms with Crippen LogP contribution in [0.25, 0.3) is 0 Å². The van der Waals surface area contributed by atoms with Gasteiger partial charge in [0.25, 0.3) is 0 Å². The molecule has 0 spiro atoms. The van der Waals surface area contributed by atoms with Gasteiger partial charge in [-0.05, 0) is 0 Å². The van der Waals surface area contributed by atoms with Crippen molar-refractivity contribution in [1.29, 1.82) is 0 Å². The van der Waals surface area contributed by atoms with Crippen molar-refractivity contribution in [2.24, 2.45) is 11.1 Å². The minimum atomic E-state index is -0.315. The van der Waals surface area contributed by atoms with Crippen LogP contribution < -0.4 is 0 Å². The Morgan fingerprint density at radius 1 is 1.00 bits per heavy atom. The first-order valence-electron chi connectivity index (χ1n) is 6.21. The van der Waals surface area contributed by atoms with E-state index in [1.54, 1.807) is 0 Å². The third kappa shape index (κ3) is 2.27. The molecule has 0 N–H and O–H groups in total. The Bertz CT molecular complexity index is 605. The molecule has 1 aliphatic rings. The SMILES string of the molecule is O=C(c1ccccc1)[C@@H]1CON=C1c1ccccc1. The van der Waals surface area contributed by atoms with E-state index in [4.69, 9.17) is 4.84 Å². The predicted molar refractivity (Wildman–Crippen MR) is 73.2 cm³/mol. The number of carbonyl (C=O) groups excluding carboxylic acids is 1. The van der Waals surface area contributed by atoms with E-state index in [-0.39, 0.29) is 11.7 Å². The number of nitrogens with zero attached hydrogens (tertiary/aromatic N) is 1. The number of hydrogen-bond donors (Lipinski definition) is 0. The second kappa shape index (κ2) is 5.06. The van der Waals surface area contributed by atoms with Gasteiger partial charge in [-0.15, -0.1) is 0 Å². The van der Waals surface area contributed by atoms with Gasteiger partial charge in [-0.25, -0.2) is 0 Å². The topological polar surface area (TPSA) is 38.7 Å². The lowest BCUT2D eigenvalue weighted by atomic mass is 9.90. The highest BCUT2D eigenvalue weighted by atomic mass is 16.6. The largest absolute Gasteiger partial charge is 0.394 e. The maximum Gasteiger partial charge on any atom is 0.175 e. The number of rotatable bonds is 3. The fourth-order valence-electron chi connectivity index (χ4n) is 2.19. The molecule has 2 aromatic rings. The van der Waals surface area contributed by atoms with E-state index < -0.39 is 0 Å². The van der Waals surface area contributed by atoms with Gasteiger partial charge in [0.05, 0.1) is 0 Å². The third-order valence-corrected chi connectivity index (χ3v) is 3.18. The van der Waals surface area contributed by atoms with Crippen LogP contribution in [0.2, 0.25) is 0 Å². The zero-order chi connectivity index (χ0) is 13.1. The first-order valence-corrected chi connectivity index (χ1v) is 6.21. The van der Waals surface area contributed by atoms with Crippen LogP contribution in [-0.2, 0) is 4.84 Å². The lowest BCUT2D eigenvalue weighted by molar-refractivity contribution is 0.0886. The molecule has 1 atom stereocenters. The molecule has 1 aliphatic heterocycles. The molecule has 2 aromatic carbocycles. The van der Waals surface area contributed by atoms with Crippen LogP contribution in [0.4, 0.5) is 0 Å². The molecular formula is C16H13NO2. The average Bonchev–Trinajstić information content (AvgIpc) is 2.98. The summed E-state index contributed by atoms with van der Waals surface area (Å²) in [6.45, 7) is 0.317. The van der Waals surface area contributed by atoms with Crippen molar-refractivity contribution in [3.05, 3.63) is 71.8 Å². The molecule has 0 bridgehead atoms. The first-order chi connectivity index (χ1) is 9.36. The van der Waals surface area contributed by atoms with E-state index in [2.05, 4.69) is 5.16 Å². The van der Waals surface area contributed by atoms with Gasteiger partial charge in [-0.2, -0.15) is 0 Å². The smallest absolute Gasteiger partial charge is 0.175 e. The second-order valence-corrected chi connectivity index (χ2v) is 4.42. The van der Waals surface area contributed by atoms with Gasteiger partial charge < -0.3 is 4.84 Å². The molecule has 0 fully saturated rings. The van der Waals surface area contributed by atoms with E-state index >= 15 is 0 Å². The van der Waals surface area contributed by atoms with Gasteiger partial charge in [0.1, 0.15) is 18.2 Å². The number of oxime groups is 1. The summed E-state index contributed by atoms with van der Waals surface area (Å²) in [5, 5.41) is 4.03. The summed E-state index contributed by atoms with van der Waals surface area (Å²) in [6.07, 6.45) is 0. The summed E-state index contributed by atoms with van der Waals surface area (Å²) in [5.74, 6) is -0.259. The summed E-state index contributed by atoms with van der Waals surface area (Å²) >= 11 is 0. The van der Waals surface area contributed by atoms with Crippen molar-refractivity contribution in [2.45, 2.75) is 0 Å². The van der Waals surface area contributed by atoms with Crippen molar-refractivity contribution in [1.82, 2.24) is 0 Å². The highest BCUT2D eigenvalue weighted by Crippen LogP contribution is 2.21. The van der Waals surface area contributed by atoms with E-state index in [0.717, 1.165) is 11.3 Å². The fourth-order valence-corrected chi connectivity index (χ4v) is 2.19. The molecule has 0 radical (unpaired) electrons. The van der Waals surface area contributed by atoms with Crippen LogP contribution in [0.1, 0.15) is 15.9 Å². The Kier molecular flexibility index (Phi) is 3.11. The maximum atomic E-state index is 12.5. The lowest BCUT2D eigenvalue weighted by Crippen LogP contribution is -2.24. The Labute approximate surface area is 111 Å². The standard InChI is InChI=1S/C16H13NO2/c18-16(13-9-5-2-6-10-13)14-11-19-17-15(14)12-7-3-1-4-8-12/h1-10,14H,11H2/t14-/m1/s1. The van der Waals surface area contributed by atoms with Crippen molar-refractivity contribution in [2.75, 3.05) is 6.61 Å². The molecule has 3 nitrogen and oxygen atoms in total. The van der Waals surface area contributed by atoms with Crippen molar-refractivity contribution >= 4 is 11.5 Å². The highest BCUT2D eigenvalue weighted by molar-refractivity contribution is 6.18. The molecule has 0 aromatic heterocycles. The zero-order valence-electron chi connectivity index (χ0n) is 10.3. The molecule has 19 heavy (non-hydrogen) atoms. The minimum absolute atomic E-state index is 0.0562. The molecule has 0 saturated carbocycles. The Balaban J connectivity index is 1.90. The van der Waals surface area contributed by atoms with Crippen LogP contribution >= 0.6 is 0 Å². The molecule has 0 aliphatic carbocycles. The zero-order valence-corrected chi connectivity index (χ0v) is 10.3. The Hall–Kier alpha value is -2.42. The molecule has 94 valence electrons. The van der Waals surface area contributed by atoms with Gasteiger partial charge in [-0.3, -0.25) is 4.79 Å². The quantitative estimate of drug-likeness (QED) is 0.787. The van der Waals surface area contributed by atoms with Crippen LogP contribution in [0.3, 0.4) is 0 Å². The minimum Gasteiger partial charge on any atom is -0.394 e. The third-order valence-electron chi connectivity index (χ3n) is 3.18. The maximum absolute atomic E-state index is 12.5. The summed E-state index contributed by atoms with van der Waals surface area (Å²) in [6, 6.07) is 19.0. The summed E-state index contributed by atoms with van der Waals surface area (Å²) in [5.41, 5.74) is 2.35. The van der Waals surface area contributed by atoms with E-state index in [9.17, 15) is 4.79 Å². The van der Waals surface area contributed by atoms with Gasteiger partial charge in [-0.1, -0.05) is 65.8 Å². The number of Topliss-reactive ketones (excluding diaryl/α,β-unsaturated/α-hetero) is 1. The van der Waals surface area contributed by atoms with Crippen molar-refractivity contribution in [3.63, 3.8) is 0 Å². The molecule has 0 saturated heterocycles. The van der Waals surface area contributed by atoms with Crippen LogP contribution in [0.15, 0.2) is 65.8 Å². The Morgan fingerprint density at radius 3 is 2.32 bits per heavy atom. The fraction of sp³-hybridized carbons (Fsp3) is 0.125. The number of ketones is 1. The van der Waals surface area contributed by atoms with Crippen LogP contribution in [-0.4, -0.2) is 18.1 Å². The van der Waals surface area contributed by atoms with Crippen molar-refractivity contribution in [3.8, 4) is 0 Å². The molecule has 0 amide bonds. The lowest BCUT2D eigenvalue weighted by Gasteiger charge is -2.09. The monoisotopic (exact) mass is 251 g/mol. The van der Waals surface area contributed by atoms with Crippen LogP contribution in [0, 0.1) is 5.92 Å². The molecule has 1 heterocycles. The van der Waals surface area contributed by atoms with E-state index in [1.807, 2.05) is 60.7 Å². The molecular weight excluding hydrogens is 238 g/mol. The van der Waals surface area contributed by atoms with Gasteiger partial charge in [0, 0.05) is 11.1 Å². The predicted octanol–water partition coefficient (Wildman–Crippen LogP) is 2.92. The molecule has 0 unspecified atom stereocenters. The van der Waals surface area contributed by atoms with Crippen molar-refractivity contribution < 1.29 is 9.63 Å². The normalized spacial score (nSPS) is 17.7. The summed E-state index contributed by atoms with van der Waals surface area (Å²) < 4.78 is 0. The first kappa shape index (κ1) is 11.7. The van der Waals surface area contributed by atoms with Crippen LogP contribution in [0.5, 0.6) is 0 Å². The number of carbonyl (C=O) groups is 1. The molecule has 3 heteroatoms. The second-order valence-electron chi connectivity index (χ2n) is 4.42. The number of benzene rings is 2. The highest BCUT2D eigenvalue weighted by Gasteiger charge is 2.31. The summed E-state index contributed by atoms with van der Waals surface area (Å²) in [4.78, 5) is 17.6. The van der Waals surface area contributed by atoms with E-state index in [1.165, 1.54) is 0 Å². The number of hydrogen-bond acceptors (Lipinski definition) is 3. The molecule has 3 rings (SSSR count). The summed E-state index contributed by atoms with van der Waals surface area (Å²) in [7, 11) is 0. The van der Waals surface area contributed by atoms with Gasteiger partial charge >= 0.3 is 0 Å². The average molecular weight is 251 g/mol. The van der Waals surface area contributed by atoms with Gasteiger partial charge in [0.2, 0.25) is 0 Å².